The van der Waals surface area contributed by atoms with Gasteiger partial charge in [-0.25, -0.2) is 4.99 Å². The van der Waals surface area contributed by atoms with Crippen molar-refractivity contribution in [2.24, 2.45) is 9.98 Å². The molecule has 0 atom stereocenters. The maximum absolute atomic E-state index is 12.0. The van der Waals surface area contributed by atoms with E-state index in [0.717, 1.165) is 48.1 Å². The van der Waals surface area contributed by atoms with Gasteiger partial charge in [-0.05, 0) is 13.1 Å². The number of piperazine rings is 1. The van der Waals surface area contributed by atoms with Crippen LogP contribution in [0.5, 0.6) is 0 Å². The molecule has 0 N–H and O–H groups in total. The number of amidine groups is 2. The van der Waals surface area contributed by atoms with E-state index in [9.17, 15) is 4.79 Å². The third kappa shape index (κ3) is 1.48. The zero-order chi connectivity index (χ0) is 13.0. The Balaban J connectivity index is 1.94. The molecular formula is C14H14N4O. The molecule has 3 heterocycles. The van der Waals surface area contributed by atoms with Crippen LogP contribution in [-0.4, -0.2) is 60.5 Å². The van der Waals surface area contributed by atoms with E-state index in [1.165, 1.54) is 0 Å². The Hall–Kier alpha value is -2.01. The van der Waals surface area contributed by atoms with E-state index < -0.39 is 0 Å². The monoisotopic (exact) mass is 254 g/mol. The van der Waals surface area contributed by atoms with Gasteiger partial charge in [0.25, 0.3) is 0 Å². The smallest absolute Gasteiger partial charge is 0.185 e. The van der Waals surface area contributed by atoms with Gasteiger partial charge in [-0.15, -0.1) is 0 Å². The van der Waals surface area contributed by atoms with Crippen molar-refractivity contribution in [2.45, 2.75) is 0 Å². The molecule has 4 rings (SSSR count). The highest BCUT2D eigenvalue weighted by Gasteiger charge is 2.34. The SMILES string of the molecule is CN1CCN2C(=Nc3cccc4c3C2=NCC4=O)C1. The van der Waals surface area contributed by atoms with Crippen molar-refractivity contribution >= 4 is 23.1 Å². The molecule has 1 fully saturated rings. The molecule has 0 spiro atoms. The first-order chi connectivity index (χ1) is 9.24. The van der Waals surface area contributed by atoms with Gasteiger partial charge in [0.05, 0.1) is 17.8 Å². The largest absolute Gasteiger partial charge is 0.312 e. The number of likely N-dealkylation sites (N-methyl/N-ethyl adjacent to an activating group) is 1. The Morgan fingerprint density at radius 1 is 1.26 bits per heavy atom. The van der Waals surface area contributed by atoms with E-state index in [4.69, 9.17) is 4.99 Å². The van der Waals surface area contributed by atoms with E-state index in [2.05, 4.69) is 21.8 Å². The summed E-state index contributed by atoms with van der Waals surface area (Å²) >= 11 is 0. The predicted molar refractivity (Wildman–Crippen MR) is 73.5 cm³/mol. The maximum atomic E-state index is 12.0. The Morgan fingerprint density at radius 2 is 2.16 bits per heavy atom. The Bertz CT molecular complexity index is 647. The molecule has 1 aromatic carbocycles. The van der Waals surface area contributed by atoms with Crippen LogP contribution in [0.1, 0.15) is 15.9 Å². The molecule has 0 amide bonds. The number of nitrogens with zero attached hydrogens (tertiary/aromatic N) is 4. The van der Waals surface area contributed by atoms with Crippen LogP contribution in [0.4, 0.5) is 5.69 Å². The number of carbonyl (C=O) groups is 1. The lowest BCUT2D eigenvalue weighted by molar-refractivity contribution is 0.0999. The average molecular weight is 254 g/mol. The second kappa shape index (κ2) is 3.74. The van der Waals surface area contributed by atoms with Gasteiger partial charge in [-0.3, -0.25) is 14.7 Å². The highest BCUT2D eigenvalue weighted by atomic mass is 16.1. The standard InChI is InChI=1S/C14H14N4O/c1-17-5-6-18-12(8-17)16-10-4-2-3-9-11(19)7-15-14(18)13(9)10/h2-4H,5-8H2,1H3. The molecule has 0 radical (unpaired) electrons. The Morgan fingerprint density at radius 3 is 3.05 bits per heavy atom. The summed E-state index contributed by atoms with van der Waals surface area (Å²) in [6.07, 6.45) is 0. The molecule has 3 aliphatic heterocycles. The fourth-order valence-electron chi connectivity index (χ4n) is 2.90. The van der Waals surface area contributed by atoms with Gasteiger partial charge in [-0.2, -0.15) is 0 Å². The van der Waals surface area contributed by atoms with Crippen LogP contribution >= 0.6 is 0 Å². The van der Waals surface area contributed by atoms with Crippen molar-refractivity contribution in [3.63, 3.8) is 0 Å². The van der Waals surface area contributed by atoms with Gasteiger partial charge in [0.2, 0.25) is 0 Å². The molecule has 96 valence electrons. The van der Waals surface area contributed by atoms with Crippen LogP contribution in [0.25, 0.3) is 0 Å². The van der Waals surface area contributed by atoms with Gasteiger partial charge in [0.1, 0.15) is 18.2 Å². The summed E-state index contributed by atoms with van der Waals surface area (Å²) in [4.78, 5) is 25.6. The van der Waals surface area contributed by atoms with Gasteiger partial charge in [-0.1, -0.05) is 12.1 Å². The second-order valence-corrected chi connectivity index (χ2v) is 5.18. The number of benzene rings is 1. The second-order valence-electron chi connectivity index (χ2n) is 5.18. The summed E-state index contributed by atoms with van der Waals surface area (Å²) in [6.45, 7) is 2.96. The summed E-state index contributed by atoms with van der Waals surface area (Å²) in [5, 5.41) is 0. The number of carbonyl (C=O) groups excluding carboxylic acids is 1. The summed E-state index contributed by atoms with van der Waals surface area (Å²) < 4.78 is 0. The molecule has 0 unspecified atom stereocenters. The van der Waals surface area contributed by atoms with E-state index >= 15 is 0 Å². The third-order valence-corrected chi connectivity index (χ3v) is 3.87. The quantitative estimate of drug-likeness (QED) is 0.691. The molecule has 0 bridgehead atoms. The minimum absolute atomic E-state index is 0.0911. The lowest BCUT2D eigenvalue weighted by atomic mass is 9.96. The number of hydrogen-bond acceptors (Lipinski definition) is 5. The van der Waals surface area contributed by atoms with Crippen LogP contribution in [0, 0.1) is 0 Å². The zero-order valence-electron chi connectivity index (χ0n) is 10.8. The van der Waals surface area contributed by atoms with E-state index in [1.807, 2.05) is 18.2 Å². The summed E-state index contributed by atoms with van der Waals surface area (Å²) in [7, 11) is 2.10. The van der Waals surface area contributed by atoms with E-state index in [-0.39, 0.29) is 12.3 Å². The number of rotatable bonds is 0. The molecule has 0 saturated carbocycles. The van der Waals surface area contributed by atoms with Crippen LogP contribution in [-0.2, 0) is 0 Å². The highest BCUT2D eigenvalue weighted by Crippen LogP contribution is 2.32. The lowest BCUT2D eigenvalue weighted by Crippen LogP contribution is -2.53. The molecule has 5 heteroatoms. The minimum atomic E-state index is 0.0911. The number of aliphatic imine (C=N–C) groups is 2. The molecule has 19 heavy (non-hydrogen) atoms. The lowest BCUT2D eigenvalue weighted by Gasteiger charge is -2.39. The van der Waals surface area contributed by atoms with Crippen molar-refractivity contribution < 1.29 is 4.79 Å². The zero-order valence-corrected chi connectivity index (χ0v) is 10.8. The molecule has 1 aromatic rings. The molecule has 3 aliphatic rings. The fraction of sp³-hybridized carbons (Fsp3) is 0.357. The fourth-order valence-corrected chi connectivity index (χ4v) is 2.90. The normalized spacial score (nSPS) is 21.5. The van der Waals surface area contributed by atoms with Crippen molar-refractivity contribution in [3.8, 4) is 0 Å². The van der Waals surface area contributed by atoms with Crippen LogP contribution in [0.2, 0.25) is 0 Å². The summed E-state index contributed by atoms with van der Waals surface area (Å²) in [5.41, 5.74) is 2.57. The number of ketones is 1. The average Bonchev–Trinajstić information content (AvgIpc) is 2.41. The van der Waals surface area contributed by atoms with Gasteiger partial charge >= 0.3 is 0 Å². The van der Waals surface area contributed by atoms with Crippen LogP contribution < -0.4 is 0 Å². The predicted octanol–water partition coefficient (Wildman–Crippen LogP) is 0.921. The van der Waals surface area contributed by atoms with E-state index in [1.54, 1.807) is 0 Å². The first-order valence-corrected chi connectivity index (χ1v) is 6.49. The third-order valence-electron chi connectivity index (χ3n) is 3.87. The van der Waals surface area contributed by atoms with E-state index in [0.29, 0.717) is 0 Å². The molecule has 0 aromatic heterocycles. The molecule has 5 nitrogen and oxygen atoms in total. The topological polar surface area (TPSA) is 48.3 Å². The Labute approximate surface area is 111 Å². The summed E-state index contributed by atoms with van der Waals surface area (Å²) in [6, 6.07) is 5.75. The number of hydrogen-bond donors (Lipinski definition) is 0. The molecule has 1 saturated heterocycles. The first-order valence-electron chi connectivity index (χ1n) is 6.49. The summed E-state index contributed by atoms with van der Waals surface area (Å²) in [5.74, 6) is 2.06. The van der Waals surface area contributed by atoms with Crippen molar-refractivity contribution in [1.82, 2.24) is 9.80 Å². The Kier molecular flexibility index (Phi) is 2.14. The van der Waals surface area contributed by atoms with Crippen molar-refractivity contribution in [1.29, 1.82) is 0 Å². The maximum Gasteiger partial charge on any atom is 0.185 e. The van der Waals surface area contributed by atoms with Crippen LogP contribution in [0.15, 0.2) is 28.2 Å². The highest BCUT2D eigenvalue weighted by molar-refractivity contribution is 6.23. The first kappa shape index (κ1) is 10.9. The van der Waals surface area contributed by atoms with Crippen molar-refractivity contribution in [2.75, 3.05) is 33.2 Å². The van der Waals surface area contributed by atoms with Gasteiger partial charge in [0.15, 0.2) is 5.78 Å². The van der Waals surface area contributed by atoms with Gasteiger partial charge < -0.3 is 4.90 Å². The molecular weight excluding hydrogens is 240 g/mol. The van der Waals surface area contributed by atoms with Gasteiger partial charge in [0, 0.05) is 18.7 Å². The number of Topliss-reactive ketones (excluding diaryl/α,β-unsaturated/α-hetero) is 1. The van der Waals surface area contributed by atoms with Crippen LogP contribution in [0.3, 0.4) is 0 Å². The number of fused-ring (bicyclic) bond motifs is 2. The van der Waals surface area contributed by atoms with Crippen molar-refractivity contribution in [3.05, 3.63) is 29.3 Å². The minimum Gasteiger partial charge on any atom is -0.312 e. The molecule has 0 aliphatic carbocycles.